The fraction of sp³-hybridized carbons (Fsp3) is 0.929. The number of amides is 2. The van der Waals surface area contributed by atoms with Gasteiger partial charge in [0.1, 0.15) is 0 Å². The summed E-state index contributed by atoms with van der Waals surface area (Å²) >= 11 is 0. The van der Waals surface area contributed by atoms with Crippen molar-refractivity contribution >= 4 is 11.8 Å². The van der Waals surface area contributed by atoms with Gasteiger partial charge in [0, 0.05) is 22.9 Å². The van der Waals surface area contributed by atoms with E-state index in [4.69, 9.17) is 0 Å². The molecule has 0 aromatic heterocycles. The molecule has 2 atom stereocenters. The molecule has 0 radical (unpaired) electrons. The zero-order valence-corrected chi connectivity index (χ0v) is 19.7. The van der Waals surface area contributed by atoms with Gasteiger partial charge in [0.25, 0.3) is 0 Å². The molecule has 0 aromatic rings. The van der Waals surface area contributed by atoms with Crippen LogP contribution in [-0.4, -0.2) is 23.9 Å². The molecule has 0 heterocycles. The van der Waals surface area contributed by atoms with Crippen molar-refractivity contribution in [2.24, 2.45) is 46.3 Å². The largest absolute Gasteiger partial charge is 0.353 e. The van der Waals surface area contributed by atoms with Crippen LogP contribution in [0.2, 0.25) is 0 Å². The molecule has 32 heavy (non-hydrogen) atoms. The summed E-state index contributed by atoms with van der Waals surface area (Å²) < 4.78 is 0. The highest BCUT2D eigenvalue weighted by Crippen LogP contribution is 2.61. The summed E-state index contributed by atoms with van der Waals surface area (Å²) in [6.45, 7) is 0. The average Bonchev–Trinajstić information content (AvgIpc) is 2.72. The number of hydrogen-bond acceptors (Lipinski definition) is 2. The van der Waals surface area contributed by atoms with Crippen LogP contribution in [0.5, 0.6) is 0 Å². The summed E-state index contributed by atoms with van der Waals surface area (Å²) in [4.78, 5) is 27.0. The predicted molar refractivity (Wildman–Crippen MR) is 124 cm³/mol. The first-order valence-corrected chi connectivity index (χ1v) is 14.1. The van der Waals surface area contributed by atoms with E-state index in [1.165, 1.54) is 38.5 Å². The van der Waals surface area contributed by atoms with Gasteiger partial charge in [0.15, 0.2) is 0 Å². The lowest BCUT2D eigenvalue weighted by atomic mass is 9.49. The molecule has 9 fully saturated rings. The van der Waals surface area contributed by atoms with Crippen molar-refractivity contribution in [3.63, 3.8) is 0 Å². The molecular weight excluding hydrogens is 396 g/mol. The van der Waals surface area contributed by atoms with Crippen LogP contribution in [0.1, 0.15) is 103 Å². The van der Waals surface area contributed by atoms with Crippen LogP contribution in [0.15, 0.2) is 0 Å². The monoisotopic (exact) mass is 438 g/mol. The standard InChI is InChI=1S/C28H42N2O2/c31-25(27-11-17-4-18(12-27)6-19(5-17)13-27)29-23-2-1-3-24(10-23)30-26(32)28-14-20-7-21(15-28)9-22(8-20)16-28/h17-24H,1-16H2,(H,29,31)(H,30,32). The molecule has 0 aliphatic heterocycles. The maximum atomic E-state index is 13.5. The number of carbonyl (C=O) groups is 2. The highest BCUT2D eigenvalue weighted by Gasteiger charge is 2.56. The number of nitrogens with one attached hydrogen (secondary N) is 2. The van der Waals surface area contributed by atoms with E-state index in [0.717, 1.165) is 99.7 Å². The van der Waals surface area contributed by atoms with Gasteiger partial charge in [-0.3, -0.25) is 9.59 Å². The Morgan fingerprint density at radius 1 is 0.500 bits per heavy atom. The van der Waals surface area contributed by atoms with Gasteiger partial charge in [0.2, 0.25) is 11.8 Å². The van der Waals surface area contributed by atoms with E-state index >= 15 is 0 Å². The van der Waals surface area contributed by atoms with Crippen LogP contribution < -0.4 is 10.6 Å². The van der Waals surface area contributed by atoms with E-state index in [0.29, 0.717) is 11.8 Å². The van der Waals surface area contributed by atoms with Gasteiger partial charge < -0.3 is 10.6 Å². The number of hydrogen-bond donors (Lipinski definition) is 2. The van der Waals surface area contributed by atoms with Crippen molar-refractivity contribution < 1.29 is 9.59 Å². The summed E-state index contributed by atoms with van der Waals surface area (Å²) in [5, 5.41) is 7.05. The van der Waals surface area contributed by atoms with Crippen LogP contribution in [-0.2, 0) is 9.59 Å². The van der Waals surface area contributed by atoms with Crippen molar-refractivity contribution in [3.05, 3.63) is 0 Å². The Labute approximate surface area is 193 Å². The van der Waals surface area contributed by atoms with Crippen LogP contribution >= 0.6 is 0 Å². The zero-order valence-electron chi connectivity index (χ0n) is 19.7. The first kappa shape index (κ1) is 20.3. The maximum Gasteiger partial charge on any atom is 0.226 e. The lowest BCUT2D eigenvalue weighted by Gasteiger charge is -2.56. The highest BCUT2D eigenvalue weighted by atomic mass is 16.2. The number of carbonyl (C=O) groups excluding carboxylic acids is 2. The fourth-order valence-corrected chi connectivity index (χ4v) is 10.9. The van der Waals surface area contributed by atoms with Gasteiger partial charge in [-0.2, -0.15) is 0 Å². The molecule has 9 aliphatic rings. The summed E-state index contributed by atoms with van der Waals surface area (Å²) in [7, 11) is 0. The SMILES string of the molecule is O=C(NC1CCCC(NC(=O)C23CC4CC(CC(C4)C2)C3)C1)C12CC3CC(CC(C3)C1)C2. The minimum Gasteiger partial charge on any atom is -0.353 e. The Morgan fingerprint density at radius 3 is 1.12 bits per heavy atom. The Morgan fingerprint density at radius 2 is 0.812 bits per heavy atom. The smallest absolute Gasteiger partial charge is 0.226 e. The molecule has 4 nitrogen and oxygen atoms in total. The highest BCUT2D eigenvalue weighted by molar-refractivity contribution is 5.84. The molecule has 0 saturated heterocycles. The molecule has 0 spiro atoms. The minimum atomic E-state index is -0.0514. The molecular formula is C28H42N2O2. The first-order valence-electron chi connectivity index (χ1n) is 14.1. The lowest BCUT2D eigenvalue weighted by molar-refractivity contribution is -0.147. The maximum absolute atomic E-state index is 13.5. The summed E-state index contributed by atoms with van der Waals surface area (Å²) in [5.41, 5.74) is -0.103. The predicted octanol–water partition coefficient (Wildman–Crippen LogP) is 4.96. The second-order valence-electron chi connectivity index (χ2n) is 13.9. The number of rotatable bonds is 4. The lowest BCUT2D eigenvalue weighted by Crippen LogP contribution is -2.58. The Bertz CT molecular complexity index is 669. The van der Waals surface area contributed by atoms with Crippen molar-refractivity contribution in [2.45, 2.75) is 115 Å². The van der Waals surface area contributed by atoms with E-state index in [9.17, 15) is 9.59 Å². The quantitative estimate of drug-likeness (QED) is 0.651. The third-order valence-corrected chi connectivity index (χ3v) is 11.4. The Balaban J connectivity index is 0.985. The zero-order chi connectivity index (χ0) is 21.5. The van der Waals surface area contributed by atoms with Crippen molar-refractivity contribution in [1.29, 1.82) is 0 Å². The Kier molecular flexibility index (Phi) is 4.58. The van der Waals surface area contributed by atoms with Gasteiger partial charge in [-0.25, -0.2) is 0 Å². The van der Waals surface area contributed by atoms with Crippen molar-refractivity contribution in [3.8, 4) is 0 Å². The fourth-order valence-electron chi connectivity index (χ4n) is 10.9. The average molecular weight is 439 g/mol. The van der Waals surface area contributed by atoms with E-state index in [1.54, 1.807) is 0 Å². The molecule has 8 bridgehead atoms. The van der Waals surface area contributed by atoms with Gasteiger partial charge >= 0.3 is 0 Å². The van der Waals surface area contributed by atoms with E-state index in [-0.39, 0.29) is 22.9 Å². The minimum absolute atomic E-state index is 0.0514. The van der Waals surface area contributed by atoms with E-state index in [2.05, 4.69) is 10.6 Å². The van der Waals surface area contributed by atoms with Crippen molar-refractivity contribution in [1.82, 2.24) is 10.6 Å². The first-order chi connectivity index (χ1) is 15.5. The molecule has 0 aromatic carbocycles. The molecule has 2 N–H and O–H groups in total. The topological polar surface area (TPSA) is 58.2 Å². The Hall–Kier alpha value is -1.06. The van der Waals surface area contributed by atoms with Crippen LogP contribution in [0.3, 0.4) is 0 Å². The van der Waals surface area contributed by atoms with Gasteiger partial charge in [-0.05, 0) is 138 Å². The summed E-state index contributed by atoms with van der Waals surface area (Å²) in [6, 6.07) is 0.511. The summed E-state index contributed by atoms with van der Waals surface area (Å²) in [5.74, 6) is 5.60. The van der Waals surface area contributed by atoms with Crippen LogP contribution in [0, 0.1) is 46.3 Å². The third-order valence-electron chi connectivity index (χ3n) is 11.4. The molecule has 9 saturated carbocycles. The molecule has 4 heteroatoms. The van der Waals surface area contributed by atoms with Crippen LogP contribution in [0.4, 0.5) is 0 Å². The molecule has 9 aliphatic carbocycles. The van der Waals surface area contributed by atoms with Gasteiger partial charge in [-0.1, -0.05) is 0 Å². The van der Waals surface area contributed by atoms with E-state index in [1.807, 2.05) is 0 Å². The third kappa shape index (κ3) is 3.28. The molecule has 2 unspecified atom stereocenters. The molecule has 176 valence electrons. The van der Waals surface area contributed by atoms with Gasteiger partial charge in [-0.15, -0.1) is 0 Å². The van der Waals surface area contributed by atoms with Gasteiger partial charge in [0.05, 0.1) is 0 Å². The second-order valence-corrected chi connectivity index (χ2v) is 13.9. The summed E-state index contributed by atoms with van der Waals surface area (Å²) in [6.07, 6.45) is 19.4. The molecule has 2 amide bonds. The van der Waals surface area contributed by atoms with E-state index < -0.39 is 0 Å². The van der Waals surface area contributed by atoms with Crippen molar-refractivity contribution in [2.75, 3.05) is 0 Å². The molecule has 9 rings (SSSR count). The second kappa shape index (κ2) is 7.22. The normalized spacial score (nSPS) is 52.8. The van der Waals surface area contributed by atoms with Crippen LogP contribution in [0.25, 0.3) is 0 Å².